The van der Waals surface area contributed by atoms with Crippen molar-refractivity contribution in [3.05, 3.63) is 0 Å². The number of amides is 1. The molecule has 0 fully saturated rings. The molecule has 0 saturated heterocycles. The number of nitrogens with one attached hydrogen (secondary N) is 1. The second kappa shape index (κ2) is 6.24. The number of nitrogens with zero attached hydrogens (tertiary/aromatic N) is 2. The average Bonchev–Trinajstić information content (AvgIpc) is 2.15. The molecule has 0 heterocycles. The molecule has 0 aliphatic carbocycles. The zero-order chi connectivity index (χ0) is 10.3. The van der Waals surface area contributed by atoms with E-state index in [-0.39, 0.29) is 24.8 Å². The van der Waals surface area contributed by atoms with Crippen LogP contribution in [0, 0.1) is 0 Å². The summed E-state index contributed by atoms with van der Waals surface area (Å²) in [5, 5.41) is 13.7. The van der Waals surface area contributed by atoms with Gasteiger partial charge in [-0.25, -0.2) is 0 Å². The molecular weight excluding hydrogens is 172 g/mol. The molecule has 1 amide bonds. The number of rotatable bonds is 5. The number of hydrogen-bond donors (Lipinski definition) is 3. The molecule has 0 saturated carbocycles. The summed E-state index contributed by atoms with van der Waals surface area (Å²) in [4.78, 5) is 12.7. The highest BCUT2D eigenvalue weighted by molar-refractivity contribution is 5.83. The quantitative estimate of drug-likeness (QED) is 0.219. The predicted octanol–water partition coefficient (Wildman–Crippen LogP) is -1.20. The van der Waals surface area contributed by atoms with Gasteiger partial charge in [-0.15, -0.1) is 0 Å². The molecule has 0 aliphatic rings. The molecule has 0 spiro atoms. The minimum absolute atomic E-state index is 0.0201. The fourth-order valence-electron chi connectivity index (χ4n) is 0.644. The fourth-order valence-corrected chi connectivity index (χ4v) is 0.644. The second-order valence-electron chi connectivity index (χ2n) is 2.60. The maximum atomic E-state index is 11.2. The lowest BCUT2D eigenvalue weighted by atomic mass is 10.5. The summed E-state index contributed by atoms with van der Waals surface area (Å²) in [5.74, 6) is 0.0418. The van der Waals surface area contributed by atoms with Crippen molar-refractivity contribution in [2.24, 2.45) is 10.9 Å². The van der Waals surface area contributed by atoms with E-state index in [0.717, 1.165) is 0 Å². The van der Waals surface area contributed by atoms with Crippen LogP contribution in [-0.4, -0.2) is 48.5 Å². The Morgan fingerprint density at radius 3 is 2.69 bits per heavy atom. The first-order chi connectivity index (χ1) is 6.11. The number of oxime groups is 1. The minimum Gasteiger partial charge on any atom is -0.409 e. The van der Waals surface area contributed by atoms with Crippen molar-refractivity contribution in [3.8, 4) is 0 Å². The molecule has 4 N–H and O–H groups in total. The number of nitrogens with two attached hydrogens (primary N) is 1. The average molecular weight is 188 g/mol. The zero-order valence-corrected chi connectivity index (χ0v) is 7.95. The number of likely N-dealkylation sites (N-methyl/N-ethyl adjacent to an activating group) is 1. The van der Waals surface area contributed by atoms with Crippen LogP contribution < -0.4 is 11.1 Å². The maximum absolute atomic E-state index is 11.2. The Labute approximate surface area is 77.4 Å². The number of hydrogen-bond acceptors (Lipinski definition) is 4. The van der Waals surface area contributed by atoms with E-state index >= 15 is 0 Å². The summed E-state index contributed by atoms with van der Waals surface area (Å²) in [6.45, 7) is 2.96. The van der Waals surface area contributed by atoms with Gasteiger partial charge >= 0.3 is 0 Å². The van der Waals surface area contributed by atoms with Crippen LogP contribution in [0.2, 0.25) is 0 Å². The number of carbonyl (C=O) groups excluding carboxylic acids is 1. The molecule has 0 radical (unpaired) electrons. The molecule has 0 unspecified atom stereocenters. The Bertz CT molecular complexity index is 193. The smallest absolute Gasteiger partial charge is 0.236 e. The molecule has 0 atom stereocenters. The Balaban J connectivity index is 3.59. The molecular formula is C7H16N4O2. The molecule has 0 aromatic heterocycles. The highest BCUT2D eigenvalue weighted by Gasteiger charge is 2.05. The first kappa shape index (κ1) is 11.7. The highest BCUT2D eigenvalue weighted by Crippen LogP contribution is 1.80. The molecule has 6 heteroatoms. The van der Waals surface area contributed by atoms with E-state index in [9.17, 15) is 4.79 Å². The summed E-state index contributed by atoms with van der Waals surface area (Å²) in [6, 6.07) is 0. The molecule has 0 bridgehead atoms. The maximum Gasteiger partial charge on any atom is 0.236 e. The van der Waals surface area contributed by atoms with Crippen molar-refractivity contribution in [1.29, 1.82) is 0 Å². The Kier molecular flexibility index (Phi) is 5.62. The van der Waals surface area contributed by atoms with Crippen LogP contribution in [0.15, 0.2) is 5.16 Å². The first-order valence-corrected chi connectivity index (χ1v) is 4.02. The van der Waals surface area contributed by atoms with Crippen LogP contribution in [-0.2, 0) is 4.79 Å². The van der Waals surface area contributed by atoms with Gasteiger partial charge < -0.3 is 21.2 Å². The minimum atomic E-state index is -0.0201. The summed E-state index contributed by atoms with van der Waals surface area (Å²) in [7, 11) is 1.72. The van der Waals surface area contributed by atoms with Crippen LogP contribution >= 0.6 is 0 Å². The molecule has 0 aromatic rings. The van der Waals surface area contributed by atoms with Crippen LogP contribution in [0.1, 0.15) is 6.92 Å². The van der Waals surface area contributed by atoms with Gasteiger partial charge in [0.1, 0.15) is 0 Å². The van der Waals surface area contributed by atoms with Gasteiger partial charge in [-0.2, -0.15) is 0 Å². The number of carbonyl (C=O) groups is 1. The van der Waals surface area contributed by atoms with Gasteiger partial charge in [0.15, 0.2) is 5.84 Å². The van der Waals surface area contributed by atoms with Gasteiger partial charge in [0.25, 0.3) is 0 Å². The summed E-state index contributed by atoms with van der Waals surface area (Å²) < 4.78 is 0. The van der Waals surface area contributed by atoms with Gasteiger partial charge in [-0.3, -0.25) is 4.79 Å². The van der Waals surface area contributed by atoms with Crippen molar-refractivity contribution in [1.82, 2.24) is 10.2 Å². The van der Waals surface area contributed by atoms with Crippen molar-refractivity contribution in [2.45, 2.75) is 6.92 Å². The van der Waals surface area contributed by atoms with Crippen molar-refractivity contribution in [3.63, 3.8) is 0 Å². The Morgan fingerprint density at radius 2 is 2.23 bits per heavy atom. The third-order valence-electron chi connectivity index (χ3n) is 1.61. The van der Waals surface area contributed by atoms with Gasteiger partial charge in [0.2, 0.25) is 5.91 Å². The predicted molar refractivity (Wildman–Crippen MR) is 49.6 cm³/mol. The zero-order valence-electron chi connectivity index (χ0n) is 7.95. The molecule has 0 aromatic carbocycles. The second-order valence-corrected chi connectivity index (χ2v) is 2.60. The Morgan fingerprint density at radius 1 is 1.62 bits per heavy atom. The van der Waals surface area contributed by atoms with Crippen molar-refractivity contribution >= 4 is 11.7 Å². The molecule has 13 heavy (non-hydrogen) atoms. The SMILES string of the molecule is CCN(C)C(=O)CNCC(N)=NO. The van der Waals surface area contributed by atoms with Gasteiger partial charge in [0, 0.05) is 13.6 Å². The summed E-state index contributed by atoms with van der Waals surface area (Å²) in [5.41, 5.74) is 5.18. The van der Waals surface area contributed by atoms with E-state index in [1.165, 1.54) is 0 Å². The van der Waals surface area contributed by atoms with Crippen LogP contribution in [0.5, 0.6) is 0 Å². The lowest BCUT2D eigenvalue weighted by molar-refractivity contribution is -0.128. The van der Waals surface area contributed by atoms with E-state index in [4.69, 9.17) is 10.9 Å². The molecule has 76 valence electrons. The highest BCUT2D eigenvalue weighted by atomic mass is 16.4. The lowest BCUT2D eigenvalue weighted by Crippen LogP contribution is -2.38. The number of amidine groups is 1. The largest absolute Gasteiger partial charge is 0.409 e. The monoisotopic (exact) mass is 188 g/mol. The molecule has 6 nitrogen and oxygen atoms in total. The molecule has 0 rings (SSSR count). The van der Waals surface area contributed by atoms with E-state index in [1.807, 2.05) is 6.92 Å². The van der Waals surface area contributed by atoms with Gasteiger partial charge in [-0.1, -0.05) is 5.16 Å². The summed E-state index contributed by atoms with van der Waals surface area (Å²) in [6.07, 6.45) is 0. The third-order valence-corrected chi connectivity index (χ3v) is 1.61. The van der Waals surface area contributed by atoms with E-state index in [0.29, 0.717) is 6.54 Å². The van der Waals surface area contributed by atoms with E-state index in [1.54, 1.807) is 11.9 Å². The normalized spacial score (nSPS) is 11.4. The fraction of sp³-hybridized carbons (Fsp3) is 0.714. The first-order valence-electron chi connectivity index (χ1n) is 4.02. The van der Waals surface area contributed by atoms with Crippen LogP contribution in [0.25, 0.3) is 0 Å². The van der Waals surface area contributed by atoms with Crippen molar-refractivity contribution in [2.75, 3.05) is 26.7 Å². The standard InChI is InChI=1S/C7H16N4O2/c1-3-11(2)7(12)5-9-4-6(8)10-13/h9,13H,3-5H2,1-2H3,(H2,8,10). The molecule has 0 aliphatic heterocycles. The van der Waals surface area contributed by atoms with E-state index < -0.39 is 0 Å². The Hall–Kier alpha value is -1.30. The van der Waals surface area contributed by atoms with Crippen LogP contribution in [0.4, 0.5) is 0 Å². The van der Waals surface area contributed by atoms with E-state index in [2.05, 4.69) is 10.5 Å². The van der Waals surface area contributed by atoms with Crippen molar-refractivity contribution < 1.29 is 10.0 Å². The third kappa shape index (κ3) is 5.02. The van der Waals surface area contributed by atoms with Crippen LogP contribution in [0.3, 0.4) is 0 Å². The van der Waals surface area contributed by atoms with Gasteiger partial charge in [0.05, 0.1) is 13.1 Å². The van der Waals surface area contributed by atoms with Gasteiger partial charge in [-0.05, 0) is 6.92 Å². The lowest BCUT2D eigenvalue weighted by Gasteiger charge is -2.14. The summed E-state index contributed by atoms with van der Waals surface area (Å²) >= 11 is 0. The topological polar surface area (TPSA) is 91.0 Å².